The van der Waals surface area contributed by atoms with Crippen molar-refractivity contribution < 1.29 is 9.13 Å². The first-order valence-electron chi connectivity index (χ1n) is 8.17. The Bertz CT molecular complexity index is 470. The monoisotopic (exact) mass is 354 g/mol. The predicted octanol–water partition coefficient (Wildman–Crippen LogP) is 5.26. The van der Waals surface area contributed by atoms with Gasteiger partial charge in [0, 0.05) is 5.33 Å². The van der Waals surface area contributed by atoms with Gasteiger partial charge in [-0.25, -0.2) is 4.39 Å². The highest BCUT2D eigenvalue weighted by Gasteiger charge is 2.42. The molecule has 1 aliphatic heterocycles. The largest absolute Gasteiger partial charge is 0.372 e. The van der Waals surface area contributed by atoms with Crippen molar-refractivity contribution in [3.05, 3.63) is 35.6 Å². The molecule has 21 heavy (non-hydrogen) atoms. The summed E-state index contributed by atoms with van der Waals surface area (Å²) in [5, 5.41) is 0.955. The first-order valence-corrected chi connectivity index (χ1v) is 9.29. The molecule has 0 bridgehead atoms. The lowest BCUT2D eigenvalue weighted by atomic mass is 9.93. The molecular formula is C18H24BrFO. The quantitative estimate of drug-likeness (QED) is 0.655. The molecule has 3 rings (SSSR count). The minimum Gasteiger partial charge on any atom is -0.372 e. The number of halogens is 2. The van der Waals surface area contributed by atoms with E-state index in [1.807, 2.05) is 6.07 Å². The number of hydrogen-bond donors (Lipinski definition) is 0. The minimum atomic E-state index is -0.136. The normalized spacial score (nSPS) is 25.5. The summed E-state index contributed by atoms with van der Waals surface area (Å²) in [6.07, 6.45) is 10.0. The highest BCUT2D eigenvalue weighted by atomic mass is 79.9. The zero-order valence-electron chi connectivity index (χ0n) is 12.5. The SMILES string of the molecule is Fc1cccc(CC(CBr)CC2CCC3(CCCC3)O2)c1. The van der Waals surface area contributed by atoms with Crippen LogP contribution < -0.4 is 0 Å². The Morgan fingerprint density at radius 3 is 2.81 bits per heavy atom. The summed E-state index contributed by atoms with van der Waals surface area (Å²) in [6, 6.07) is 6.99. The fourth-order valence-electron chi connectivity index (χ4n) is 4.02. The van der Waals surface area contributed by atoms with E-state index in [9.17, 15) is 4.39 Å². The smallest absolute Gasteiger partial charge is 0.123 e. The lowest BCUT2D eigenvalue weighted by Gasteiger charge is -2.25. The molecule has 1 aromatic carbocycles. The Balaban J connectivity index is 1.55. The fraction of sp³-hybridized carbons (Fsp3) is 0.667. The molecule has 0 N–H and O–H groups in total. The highest BCUT2D eigenvalue weighted by molar-refractivity contribution is 9.09. The van der Waals surface area contributed by atoms with Gasteiger partial charge in [0.05, 0.1) is 11.7 Å². The van der Waals surface area contributed by atoms with E-state index >= 15 is 0 Å². The van der Waals surface area contributed by atoms with Crippen molar-refractivity contribution in [1.82, 2.24) is 0 Å². The van der Waals surface area contributed by atoms with Gasteiger partial charge < -0.3 is 4.74 Å². The second-order valence-electron chi connectivity index (χ2n) is 6.76. The standard InChI is InChI=1S/C18H24BrFO/c19-13-15(10-14-4-3-5-16(20)11-14)12-17-6-9-18(21-17)7-1-2-8-18/h3-5,11,15,17H,1-2,6-10,12-13H2. The number of benzene rings is 1. The van der Waals surface area contributed by atoms with Crippen molar-refractivity contribution in [2.75, 3.05) is 5.33 Å². The van der Waals surface area contributed by atoms with Gasteiger partial charge in [0.25, 0.3) is 0 Å². The molecule has 2 fully saturated rings. The molecule has 0 aromatic heterocycles. The maximum atomic E-state index is 13.3. The van der Waals surface area contributed by atoms with Gasteiger partial charge in [-0.3, -0.25) is 0 Å². The van der Waals surface area contributed by atoms with Crippen molar-refractivity contribution in [3.8, 4) is 0 Å². The van der Waals surface area contributed by atoms with E-state index in [4.69, 9.17) is 4.74 Å². The Kier molecular flexibility index (Phi) is 5.00. The predicted molar refractivity (Wildman–Crippen MR) is 87.3 cm³/mol. The van der Waals surface area contributed by atoms with Crippen LogP contribution in [0, 0.1) is 11.7 Å². The lowest BCUT2D eigenvalue weighted by molar-refractivity contribution is -0.0431. The van der Waals surface area contributed by atoms with E-state index in [0.29, 0.717) is 12.0 Å². The van der Waals surface area contributed by atoms with Crippen molar-refractivity contribution in [3.63, 3.8) is 0 Å². The van der Waals surface area contributed by atoms with Crippen LogP contribution in [0.4, 0.5) is 4.39 Å². The van der Waals surface area contributed by atoms with E-state index in [2.05, 4.69) is 15.9 Å². The average molecular weight is 355 g/mol. The molecule has 3 heteroatoms. The van der Waals surface area contributed by atoms with Crippen LogP contribution in [0.25, 0.3) is 0 Å². The van der Waals surface area contributed by atoms with Gasteiger partial charge in [0.1, 0.15) is 5.82 Å². The summed E-state index contributed by atoms with van der Waals surface area (Å²) in [4.78, 5) is 0. The molecule has 1 heterocycles. The first-order chi connectivity index (χ1) is 10.2. The maximum Gasteiger partial charge on any atom is 0.123 e. The van der Waals surface area contributed by atoms with Gasteiger partial charge in [-0.2, -0.15) is 0 Å². The van der Waals surface area contributed by atoms with Crippen LogP contribution in [0.5, 0.6) is 0 Å². The Morgan fingerprint density at radius 2 is 2.10 bits per heavy atom. The van der Waals surface area contributed by atoms with Gasteiger partial charge in [-0.15, -0.1) is 0 Å². The summed E-state index contributed by atoms with van der Waals surface area (Å²) in [5.74, 6) is 0.385. The summed E-state index contributed by atoms with van der Waals surface area (Å²) in [5.41, 5.74) is 1.31. The van der Waals surface area contributed by atoms with Crippen LogP contribution in [0.1, 0.15) is 50.5 Å². The summed E-state index contributed by atoms with van der Waals surface area (Å²) in [6.45, 7) is 0. The molecule has 1 spiro atoms. The summed E-state index contributed by atoms with van der Waals surface area (Å²) >= 11 is 3.62. The molecule has 1 aromatic rings. The molecule has 1 nitrogen and oxygen atoms in total. The lowest BCUT2D eigenvalue weighted by Crippen LogP contribution is -2.26. The van der Waals surface area contributed by atoms with Crippen molar-refractivity contribution in [1.29, 1.82) is 0 Å². The van der Waals surface area contributed by atoms with Crippen molar-refractivity contribution in [2.24, 2.45) is 5.92 Å². The number of alkyl halides is 1. The first kappa shape index (κ1) is 15.5. The molecular weight excluding hydrogens is 331 g/mol. The van der Waals surface area contributed by atoms with Crippen molar-refractivity contribution in [2.45, 2.75) is 63.1 Å². The Labute approximate surface area is 135 Å². The van der Waals surface area contributed by atoms with Crippen LogP contribution in [0.3, 0.4) is 0 Å². The summed E-state index contributed by atoms with van der Waals surface area (Å²) < 4.78 is 19.7. The van der Waals surface area contributed by atoms with E-state index in [1.54, 1.807) is 12.1 Å². The third-order valence-electron chi connectivity index (χ3n) is 5.08. The Morgan fingerprint density at radius 1 is 1.29 bits per heavy atom. The fourth-order valence-corrected chi connectivity index (χ4v) is 4.51. The van der Waals surface area contributed by atoms with Gasteiger partial charge >= 0.3 is 0 Å². The minimum absolute atomic E-state index is 0.136. The average Bonchev–Trinajstić information content (AvgIpc) is 3.09. The number of ether oxygens (including phenoxy) is 1. The van der Waals surface area contributed by atoms with Gasteiger partial charge in [0.2, 0.25) is 0 Å². The third-order valence-corrected chi connectivity index (χ3v) is 6.00. The van der Waals surface area contributed by atoms with Crippen LogP contribution in [-0.4, -0.2) is 17.0 Å². The second kappa shape index (κ2) is 6.78. The molecule has 1 saturated carbocycles. The molecule has 1 saturated heterocycles. The van der Waals surface area contributed by atoms with E-state index < -0.39 is 0 Å². The van der Waals surface area contributed by atoms with E-state index in [0.717, 1.165) is 23.7 Å². The number of hydrogen-bond acceptors (Lipinski definition) is 1. The van der Waals surface area contributed by atoms with Crippen LogP contribution in [-0.2, 0) is 11.2 Å². The molecule has 0 amide bonds. The maximum absolute atomic E-state index is 13.3. The molecule has 2 unspecified atom stereocenters. The third kappa shape index (κ3) is 3.87. The van der Waals surface area contributed by atoms with Crippen LogP contribution >= 0.6 is 15.9 Å². The van der Waals surface area contributed by atoms with E-state index in [1.165, 1.54) is 44.6 Å². The van der Waals surface area contributed by atoms with Gasteiger partial charge in [-0.1, -0.05) is 40.9 Å². The molecule has 0 radical (unpaired) electrons. The highest BCUT2D eigenvalue weighted by Crippen LogP contribution is 2.44. The van der Waals surface area contributed by atoms with E-state index in [-0.39, 0.29) is 11.4 Å². The van der Waals surface area contributed by atoms with Crippen LogP contribution in [0.2, 0.25) is 0 Å². The number of rotatable bonds is 5. The van der Waals surface area contributed by atoms with Crippen molar-refractivity contribution >= 4 is 15.9 Å². The molecule has 1 aliphatic carbocycles. The second-order valence-corrected chi connectivity index (χ2v) is 7.41. The zero-order valence-corrected chi connectivity index (χ0v) is 14.1. The molecule has 2 aliphatic rings. The molecule has 116 valence electrons. The Hall–Kier alpha value is -0.410. The van der Waals surface area contributed by atoms with Gasteiger partial charge in [-0.05, 0) is 62.1 Å². The molecule has 2 atom stereocenters. The summed E-state index contributed by atoms with van der Waals surface area (Å²) in [7, 11) is 0. The zero-order chi connectivity index (χ0) is 14.7. The topological polar surface area (TPSA) is 9.23 Å². The van der Waals surface area contributed by atoms with Crippen LogP contribution in [0.15, 0.2) is 24.3 Å². The van der Waals surface area contributed by atoms with Gasteiger partial charge in [0.15, 0.2) is 0 Å².